The average Bonchev–Trinajstić information content (AvgIpc) is 2.55. The Morgan fingerprint density at radius 1 is 1.15 bits per heavy atom. The Bertz CT molecular complexity index is 609. The number of nitrogens with one attached hydrogen (secondary N) is 3. The number of ether oxygens (including phenoxy) is 2. The molecular weight excluding hydrogens is 344 g/mol. The molecule has 0 saturated carbocycles. The Morgan fingerprint density at radius 3 is 2.48 bits per heavy atom. The number of hydrogen-bond donors (Lipinski definition) is 3. The number of benzene rings is 1. The van der Waals surface area contributed by atoms with Gasteiger partial charge in [0.15, 0.2) is 5.96 Å². The van der Waals surface area contributed by atoms with Crippen molar-refractivity contribution in [2.75, 3.05) is 20.1 Å². The van der Waals surface area contributed by atoms with Crippen LogP contribution in [0.15, 0.2) is 29.3 Å². The largest absolute Gasteiger partial charge is 0.491 e. The average molecular weight is 379 g/mol. The minimum absolute atomic E-state index is 0.150. The number of carbonyl (C=O) groups is 1. The fourth-order valence-corrected chi connectivity index (χ4v) is 2.21. The monoisotopic (exact) mass is 378 g/mol. The third kappa shape index (κ3) is 11.0. The first-order valence-corrected chi connectivity index (χ1v) is 9.36. The zero-order chi connectivity index (χ0) is 20.3. The summed E-state index contributed by atoms with van der Waals surface area (Å²) in [6.07, 6.45) is 0.517. The maximum atomic E-state index is 11.6. The summed E-state index contributed by atoms with van der Waals surface area (Å²) in [5.41, 5.74) is 0.633. The van der Waals surface area contributed by atoms with Gasteiger partial charge in [-0.1, -0.05) is 12.1 Å². The van der Waals surface area contributed by atoms with Crippen LogP contribution in [-0.2, 0) is 11.3 Å². The predicted molar refractivity (Wildman–Crippen MR) is 109 cm³/mol. The van der Waals surface area contributed by atoms with Crippen LogP contribution in [0.5, 0.6) is 5.75 Å². The molecule has 3 N–H and O–H groups in total. The Hall–Kier alpha value is -2.44. The van der Waals surface area contributed by atoms with E-state index in [0.29, 0.717) is 25.6 Å². The van der Waals surface area contributed by atoms with E-state index in [1.54, 1.807) is 7.05 Å². The molecule has 0 aliphatic carbocycles. The van der Waals surface area contributed by atoms with Crippen molar-refractivity contribution >= 4 is 12.1 Å². The van der Waals surface area contributed by atoms with Gasteiger partial charge in [0, 0.05) is 26.7 Å². The van der Waals surface area contributed by atoms with E-state index in [1.165, 1.54) is 0 Å². The Kier molecular flexibility index (Phi) is 9.47. The van der Waals surface area contributed by atoms with Crippen LogP contribution in [0, 0.1) is 0 Å². The smallest absolute Gasteiger partial charge is 0.407 e. The molecule has 1 aromatic rings. The second-order valence-corrected chi connectivity index (χ2v) is 7.45. The molecule has 1 rings (SSSR count). The van der Waals surface area contributed by atoms with Gasteiger partial charge >= 0.3 is 6.09 Å². The van der Waals surface area contributed by atoms with Gasteiger partial charge in [0.1, 0.15) is 11.4 Å². The van der Waals surface area contributed by atoms with E-state index in [2.05, 4.69) is 20.9 Å². The van der Waals surface area contributed by atoms with Crippen molar-refractivity contribution in [3.63, 3.8) is 0 Å². The summed E-state index contributed by atoms with van der Waals surface area (Å²) in [5, 5.41) is 9.23. The fraction of sp³-hybridized carbons (Fsp3) is 0.600. The van der Waals surface area contributed by atoms with Gasteiger partial charge in [0.2, 0.25) is 0 Å². The van der Waals surface area contributed by atoms with E-state index >= 15 is 0 Å². The van der Waals surface area contributed by atoms with E-state index in [-0.39, 0.29) is 6.10 Å². The van der Waals surface area contributed by atoms with E-state index in [4.69, 9.17) is 9.47 Å². The molecule has 1 aromatic carbocycles. The van der Waals surface area contributed by atoms with Crippen molar-refractivity contribution in [3.8, 4) is 5.75 Å². The van der Waals surface area contributed by atoms with Crippen molar-refractivity contribution in [1.29, 1.82) is 0 Å². The zero-order valence-electron chi connectivity index (χ0n) is 17.4. The molecule has 0 aromatic heterocycles. The van der Waals surface area contributed by atoms with Gasteiger partial charge in [-0.05, 0) is 58.7 Å². The van der Waals surface area contributed by atoms with Crippen LogP contribution in [0.4, 0.5) is 4.79 Å². The molecule has 0 spiro atoms. The second kappa shape index (κ2) is 11.3. The molecule has 0 aliphatic heterocycles. The van der Waals surface area contributed by atoms with E-state index < -0.39 is 11.7 Å². The van der Waals surface area contributed by atoms with E-state index in [1.807, 2.05) is 58.9 Å². The number of rotatable bonds is 8. The van der Waals surface area contributed by atoms with Crippen molar-refractivity contribution in [1.82, 2.24) is 16.0 Å². The molecule has 1 amide bonds. The molecule has 0 aliphatic rings. The maximum Gasteiger partial charge on any atom is 0.407 e. The predicted octanol–water partition coefficient (Wildman–Crippen LogP) is 3.05. The van der Waals surface area contributed by atoms with Crippen LogP contribution >= 0.6 is 0 Å². The van der Waals surface area contributed by atoms with Crippen molar-refractivity contribution in [2.24, 2.45) is 4.99 Å². The molecule has 7 nitrogen and oxygen atoms in total. The molecule has 0 bridgehead atoms. The van der Waals surface area contributed by atoms with Gasteiger partial charge in [0.05, 0.1) is 6.10 Å². The SMILES string of the molecule is CN=C(NCCCNC(=O)OC(C)(C)C)NCc1cccc(OC(C)C)c1. The Balaban J connectivity index is 2.28. The van der Waals surface area contributed by atoms with Gasteiger partial charge in [-0.2, -0.15) is 0 Å². The quantitative estimate of drug-likeness (QED) is 0.368. The number of alkyl carbamates (subject to hydrolysis) is 1. The maximum absolute atomic E-state index is 11.6. The number of amides is 1. The van der Waals surface area contributed by atoms with Gasteiger partial charge in [-0.15, -0.1) is 0 Å². The van der Waals surface area contributed by atoms with E-state index in [0.717, 1.165) is 17.7 Å². The molecule has 7 heteroatoms. The number of aliphatic imine (C=N–C) groups is 1. The van der Waals surface area contributed by atoms with Crippen LogP contribution in [0.25, 0.3) is 0 Å². The standard InChI is InChI=1S/C20H34N4O3/c1-15(2)26-17-10-7-9-16(13-17)14-24-18(21-6)22-11-8-12-23-19(25)27-20(3,4)5/h7,9-10,13,15H,8,11-12,14H2,1-6H3,(H,23,25)(H2,21,22,24). The lowest BCUT2D eigenvalue weighted by atomic mass is 10.2. The third-order valence-electron chi connectivity index (χ3n) is 3.27. The van der Waals surface area contributed by atoms with Crippen molar-refractivity contribution in [2.45, 2.75) is 59.3 Å². The Labute approximate surface area is 162 Å². The number of hydrogen-bond acceptors (Lipinski definition) is 4. The van der Waals surface area contributed by atoms with Crippen LogP contribution in [-0.4, -0.2) is 43.9 Å². The zero-order valence-corrected chi connectivity index (χ0v) is 17.4. The summed E-state index contributed by atoms with van der Waals surface area (Å²) >= 11 is 0. The van der Waals surface area contributed by atoms with Crippen LogP contribution < -0.4 is 20.7 Å². The fourth-order valence-electron chi connectivity index (χ4n) is 2.21. The van der Waals surface area contributed by atoms with Gasteiger partial charge in [0.25, 0.3) is 0 Å². The lowest BCUT2D eigenvalue weighted by Crippen LogP contribution is -2.39. The second-order valence-electron chi connectivity index (χ2n) is 7.45. The first-order valence-electron chi connectivity index (χ1n) is 9.36. The normalized spacial score (nSPS) is 11.9. The minimum atomic E-state index is -0.480. The molecule has 0 saturated heterocycles. The molecule has 0 heterocycles. The molecule has 152 valence electrons. The van der Waals surface area contributed by atoms with Crippen molar-refractivity contribution < 1.29 is 14.3 Å². The lowest BCUT2D eigenvalue weighted by Gasteiger charge is -2.19. The number of carbonyl (C=O) groups excluding carboxylic acids is 1. The molecule has 27 heavy (non-hydrogen) atoms. The summed E-state index contributed by atoms with van der Waals surface area (Å²) < 4.78 is 10.9. The first kappa shape index (κ1) is 22.6. The lowest BCUT2D eigenvalue weighted by molar-refractivity contribution is 0.0527. The summed E-state index contributed by atoms with van der Waals surface area (Å²) in [5.74, 6) is 1.57. The highest BCUT2D eigenvalue weighted by Crippen LogP contribution is 2.14. The van der Waals surface area contributed by atoms with E-state index in [9.17, 15) is 4.79 Å². The highest BCUT2D eigenvalue weighted by atomic mass is 16.6. The topological polar surface area (TPSA) is 84.0 Å². The number of nitrogens with zero attached hydrogens (tertiary/aromatic N) is 1. The third-order valence-corrected chi connectivity index (χ3v) is 3.27. The molecule has 0 radical (unpaired) electrons. The molecule has 0 fully saturated rings. The van der Waals surface area contributed by atoms with Crippen LogP contribution in [0.3, 0.4) is 0 Å². The molecular formula is C20H34N4O3. The first-order chi connectivity index (χ1) is 12.7. The molecule has 0 atom stereocenters. The Morgan fingerprint density at radius 2 is 1.85 bits per heavy atom. The summed E-state index contributed by atoms with van der Waals surface area (Å²) in [7, 11) is 1.73. The highest BCUT2D eigenvalue weighted by Gasteiger charge is 2.15. The summed E-state index contributed by atoms with van der Waals surface area (Å²) in [6.45, 7) is 11.4. The van der Waals surface area contributed by atoms with Gasteiger partial charge in [-0.3, -0.25) is 4.99 Å². The molecule has 0 unspecified atom stereocenters. The van der Waals surface area contributed by atoms with Gasteiger partial charge in [-0.25, -0.2) is 4.79 Å². The van der Waals surface area contributed by atoms with Crippen LogP contribution in [0.1, 0.15) is 46.6 Å². The van der Waals surface area contributed by atoms with Crippen LogP contribution in [0.2, 0.25) is 0 Å². The summed E-state index contributed by atoms with van der Waals surface area (Å²) in [6, 6.07) is 7.99. The van der Waals surface area contributed by atoms with Gasteiger partial charge < -0.3 is 25.4 Å². The number of guanidine groups is 1. The highest BCUT2D eigenvalue weighted by molar-refractivity contribution is 5.79. The minimum Gasteiger partial charge on any atom is -0.491 e. The summed E-state index contributed by atoms with van der Waals surface area (Å²) in [4.78, 5) is 15.8. The van der Waals surface area contributed by atoms with Crippen molar-refractivity contribution in [3.05, 3.63) is 29.8 Å².